The van der Waals surface area contributed by atoms with E-state index in [4.69, 9.17) is 4.84 Å². The molecule has 0 fully saturated rings. The summed E-state index contributed by atoms with van der Waals surface area (Å²) in [5, 5.41) is 8.82. The zero-order chi connectivity index (χ0) is 17.5. The van der Waals surface area contributed by atoms with Crippen LogP contribution < -0.4 is 5.43 Å². The van der Waals surface area contributed by atoms with E-state index < -0.39 is 0 Å². The molecule has 1 aromatic rings. The molecule has 3 rings (SSSR count). The minimum Gasteiger partial charge on any atom is -0.392 e. The van der Waals surface area contributed by atoms with Gasteiger partial charge in [-0.15, -0.1) is 0 Å². The van der Waals surface area contributed by atoms with Gasteiger partial charge in [0.25, 0.3) is 0 Å². The second-order valence-electron chi connectivity index (χ2n) is 7.03. The summed E-state index contributed by atoms with van der Waals surface area (Å²) in [6.45, 7) is 2.26. The van der Waals surface area contributed by atoms with Gasteiger partial charge in [0.1, 0.15) is 11.8 Å². The standard InChI is InChI=1S/C20H28BrN3O/c1-2-3-4-5-6-7-11-17-13-20(24-25-17)19-14-18(22-23-19)15-9-8-10-16(21)12-15/h8-10,12,17-18,22H,2-7,11,13-14H2,1H3. The minimum atomic E-state index is 0.229. The van der Waals surface area contributed by atoms with Crippen molar-refractivity contribution in [1.82, 2.24) is 5.43 Å². The van der Waals surface area contributed by atoms with Crippen LogP contribution in [0.1, 0.15) is 76.3 Å². The van der Waals surface area contributed by atoms with Gasteiger partial charge in [-0.05, 0) is 30.5 Å². The third-order valence-electron chi connectivity index (χ3n) is 4.95. The Morgan fingerprint density at radius 2 is 1.96 bits per heavy atom. The molecular weight excluding hydrogens is 378 g/mol. The molecule has 2 atom stereocenters. The third-order valence-corrected chi connectivity index (χ3v) is 5.44. The molecule has 0 bridgehead atoms. The van der Waals surface area contributed by atoms with Crippen molar-refractivity contribution in [3.05, 3.63) is 34.3 Å². The van der Waals surface area contributed by atoms with Crippen LogP contribution in [-0.2, 0) is 4.84 Å². The number of hydrogen-bond donors (Lipinski definition) is 1. The van der Waals surface area contributed by atoms with Crippen LogP contribution in [0.5, 0.6) is 0 Å². The van der Waals surface area contributed by atoms with Crippen molar-refractivity contribution in [2.45, 2.75) is 76.9 Å². The van der Waals surface area contributed by atoms with E-state index in [1.165, 1.54) is 44.1 Å². The Bertz CT molecular complexity index is 629. The average molecular weight is 406 g/mol. The zero-order valence-corrected chi connectivity index (χ0v) is 16.6. The quantitative estimate of drug-likeness (QED) is 0.532. The Balaban J connectivity index is 1.39. The lowest BCUT2D eigenvalue weighted by molar-refractivity contribution is 0.0770. The van der Waals surface area contributed by atoms with Crippen molar-refractivity contribution >= 4 is 27.4 Å². The lowest BCUT2D eigenvalue weighted by Gasteiger charge is -2.10. The molecule has 136 valence electrons. The van der Waals surface area contributed by atoms with E-state index in [9.17, 15) is 0 Å². The summed E-state index contributed by atoms with van der Waals surface area (Å²) in [7, 11) is 0. The number of hydrogen-bond acceptors (Lipinski definition) is 4. The molecular formula is C20H28BrN3O. The molecule has 0 amide bonds. The lowest BCUT2D eigenvalue weighted by atomic mass is 9.97. The summed E-state index contributed by atoms with van der Waals surface area (Å²) < 4.78 is 1.10. The first-order chi connectivity index (χ1) is 12.3. The van der Waals surface area contributed by atoms with Crippen LogP contribution in [0.25, 0.3) is 0 Å². The summed E-state index contributed by atoms with van der Waals surface area (Å²) in [5.74, 6) is 0. The highest BCUT2D eigenvalue weighted by Crippen LogP contribution is 2.27. The molecule has 2 aliphatic heterocycles. The van der Waals surface area contributed by atoms with E-state index >= 15 is 0 Å². The molecule has 2 heterocycles. The topological polar surface area (TPSA) is 46.0 Å². The van der Waals surface area contributed by atoms with E-state index in [1.807, 2.05) is 6.07 Å². The van der Waals surface area contributed by atoms with Crippen LogP contribution in [0.2, 0.25) is 0 Å². The lowest BCUT2D eigenvalue weighted by Crippen LogP contribution is -2.15. The van der Waals surface area contributed by atoms with Gasteiger partial charge < -0.3 is 10.3 Å². The first kappa shape index (κ1) is 18.4. The Morgan fingerprint density at radius 1 is 1.12 bits per heavy atom. The van der Waals surface area contributed by atoms with Crippen molar-refractivity contribution in [3.63, 3.8) is 0 Å². The number of unbranched alkanes of at least 4 members (excludes halogenated alkanes) is 5. The largest absolute Gasteiger partial charge is 0.392 e. The van der Waals surface area contributed by atoms with Crippen LogP contribution in [0.3, 0.4) is 0 Å². The molecule has 0 saturated heterocycles. The molecule has 0 spiro atoms. The molecule has 25 heavy (non-hydrogen) atoms. The van der Waals surface area contributed by atoms with Crippen molar-refractivity contribution in [2.24, 2.45) is 10.3 Å². The molecule has 0 radical (unpaired) electrons. The SMILES string of the molecule is CCCCCCCCC1CC(C2=NNC(c3cccc(Br)c3)C2)=NO1. The van der Waals surface area contributed by atoms with E-state index in [1.54, 1.807) is 0 Å². The Kier molecular flexibility index (Phi) is 6.91. The van der Waals surface area contributed by atoms with Crippen LogP contribution in [-0.4, -0.2) is 17.5 Å². The summed E-state index contributed by atoms with van der Waals surface area (Å²) in [6, 6.07) is 8.61. The number of rotatable bonds is 9. The average Bonchev–Trinajstić information content (AvgIpc) is 3.27. The molecule has 2 aliphatic rings. The summed E-state index contributed by atoms with van der Waals surface area (Å²) in [4.78, 5) is 5.64. The Morgan fingerprint density at radius 3 is 2.80 bits per heavy atom. The molecule has 0 aliphatic carbocycles. The van der Waals surface area contributed by atoms with Gasteiger partial charge in [-0.25, -0.2) is 0 Å². The Hall–Kier alpha value is -1.36. The molecule has 1 N–H and O–H groups in total. The van der Waals surface area contributed by atoms with E-state index in [0.717, 1.165) is 35.2 Å². The number of nitrogens with one attached hydrogen (secondary N) is 1. The smallest absolute Gasteiger partial charge is 0.133 e. The summed E-state index contributed by atoms with van der Waals surface area (Å²) in [6.07, 6.45) is 11.1. The van der Waals surface area contributed by atoms with E-state index in [2.05, 4.69) is 56.7 Å². The van der Waals surface area contributed by atoms with Gasteiger partial charge in [-0.2, -0.15) is 5.10 Å². The van der Waals surface area contributed by atoms with Crippen LogP contribution >= 0.6 is 15.9 Å². The highest BCUT2D eigenvalue weighted by molar-refractivity contribution is 9.10. The van der Waals surface area contributed by atoms with Gasteiger partial charge in [0, 0.05) is 17.3 Å². The summed E-state index contributed by atoms with van der Waals surface area (Å²) >= 11 is 3.53. The van der Waals surface area contributed by atoms with Gasteiger partial charge in [-0.1, -0.05) is 72.2 Å². The molecule has 1 aromatic carbocycles. The van der Waals surface area contributed by atoms with Crippen LogP contribution in [0.4, 0.5) is 0 Å². The van der Waals surface area contributed by atoms with E-state index in [-0.39, 0.29) is 12.1 Å². The molecule has 5 heteroatoms. The maximum atomic E-state index is 5.64. The maximum absolute atomic E-state index is 5.64. The monoisotopic (exact) mass is 405 g/mol. The molecule has 4 nitrogen and oxygen atoms in total. The minimum absolute atomic E-state index is 0.229. The molecule has 0 aromatic heterocycles. The fourth-order valence-electron chi connectivity index (χ4n) is 3.44. The van der Waals surface area contributed by atoms with Gasteiger partial charge in [0.2, 0.25) is 0 Å². The third kappa shape index (κ3) is 5.30. The van der Waals surface area contributed by atoms with Gasteiger partial charge >= 0.3 is 0 Å². The number of nitrogens with zero attached hydrogens (tertiary/aromatic N) is 2. The van der Waals surface area contributed by atoms with Crippen molar-refractivity contribution in [3.8, 4) is 0 Å². The number of benzene rings is 1. The van der Waals surface area contributed by atoms with E-state index in [0.29, 0.717) is 0 Å². The second-order valence-corrected chi connectivity index (χ2v) is 7.94. The van der Waals surface area contributed by atoms with Crippen LogP contribution in [0, 0.1) is 0 Å². The number of hydrazone groups is 1. The predicted octanol–water partition coefficient (Wildman–Crippen LogP) is 5.74. The maximum Gasteiger partial charge on any atom is 0.133 e. The van der Waals surface area contributed by atoms with Crippen molar-refractivity contribution in [2.75, 3.05) is 0 Å². The molecule has 2 unspecified atom stereocenters. The van der Waals surface area contributed by atoms with Crippen molar-refractivity contribution in [1.29, 1.82) is 0 Å². The highest BCUT2D eigenvalue weighted by Gasteiger charge is 2.29. The van der Waals surface area contributed by atoms with Gasteiger partial charge in [0.15, 0.2) is 0 Å². The highest BCUT2D eigenvalue weighted by atomic mass is 79.9. The van der Waals surface area contributed by atoms with Crippen LogP contribution in [0.15, 0.2) is 39.0 Å². The zero-order valence-electron chi connectivity index (χ0n) is 15.0. The first-order valence-corrected chi connectivity index (χ1v) is 10.4. The van der Waals surface area contributed by atoms with Gasteiger partial charge in [0.05, 0.1) is 11.8 Å². The normalized spacial score (nSPS) is 22.3. The fourth-order valence-corrected chi connectivity index (χ4v) is 3.86. The number of oxime groups is 1. The van der Waals surface area contributed by atoms with Crippen molar-refractivity contribution < 1.29 is 4.84 Å². The Labute approximate surface area is 159 Å². The second kappa shape index (κ2) is 9.37. The number of halogens is 1. The summed E-state index contributed by atoms with van der Waals surface area (Å²) in [5.41, 5.74) is 6.57. The first-order valence-electron chi connectivity index (χ1n) is 9.57. The molecule has 0 saturated carbocycles. The predicted molar refractivity (Wildman–Crippen MR) is 107 cm³/mol. The van der Waals surface area contributed by atoms with Gasteiger partial charge in [-0.3, -0.25) is 0 Å². The fraction of sp³-hybridized carbons (Fsp3) is 0.600.